The minimum absolute atomic E-state index is 0.732. The number of halogens is 6. The lowest BCUT2D eigenvalue weighted by Crippen LogP contribution is -2.67. The number of rotatable bonds is 3. The van der Waals surface area contributed by atoms with Gasteiger partial charge in [-0.25, -0.2) is 9.63 Å². The number of alkyl halides is 6. The first kappa shape index (κ1) is 17.5. The fourth-order valence-electron chi connectivity index (χ4n) is 1.48. The summed E-state index contributed by atoms with van der Waals surface area (Å²) in [5.74, 6) is -1.18. The topological polar surface area (TPSA) is 63.5 Å². The van der Waals surface area contributed by atoms with E-state index < -0.39 is 41.2 Å². The molecule has 0 N–H and O–H groups in total. The van der Waals surface area contributed by atoms with Crippen molar-refractivity contribution >= 4 is 5.97 Å². The van der Waals surface area contributed by atoms with Gasteiger partial charge < -0.3 is 4.74 Å². The summed E-state index contributed by atoms with van der Waals surface area (Å²) in [5, 5.41) is 4.73. The number of esters is 1. The Morgan fingerprint density at radius 3 is 2.00 bits per heavy atom. The molecule has 0 saturated carbocycles. The van der Waals surface area contributed by atoms with Gasteiger partial charge in [0.1, 0.15) is 6.54 Å². The molecule has 0 atom stereocenters. The standard InChI is InChI=1S/C9H11F6N3O3/c1-6(2,5(19)20-3)21-18-7(4-16-17-18,8(10,11)12)9(13,14)15/h4H2,1-3H3. The van der Waals surface area contributed by atoms with Crippen molar-refractivity contribution in [3.63, 3.8) is 0 Å². The van der Waals surface area contributed by atoms with Gasteiger partial charge in [0.05, 0.1) is 7.11 Å². The highest BCUT2D eigenvalue weighted by atomic mass is 19.4. The maximum absolute atomic E-state index is 12.9. The van der Waals surface area contributed by atoms with Crippen molar-refractivity contribution in [2.24, 2.45) is 10.3 Å². The van der Waals surface area contributed by atoms with Gasteiger partial charge in [0.25, 0.3) is 5.54 Å². The van der Waals surface area contributed by atoms with Gasteiger partial charge in [-0.05, 0) is 19.1 Å². The van der Waals surface area contributed by atoms with Crippen LogP contribution in [0, 0.1) is 0 Å². The Morgan fingerprint density at radius 1 is 1.14 bits per heavy atom. The van der Waals surface area contributed by atoms with Gasteiger partial charge in [-0.15, -0.1) is 5.17 Å². The van der Waals surface area contributed by atoms with Crippen LogP contribution < -0.4 is 0 Å². The first-order valence-electron chi connectivity index (χ1n) is 5.38. The molecule has 0 fully saturated rings. The molecule has 0 amide bonds. The number of hydrogen-bond donors (Lipinski definition) is 0. The third-order valence-corrected chi connectivity index (χ3v) is 2.70. The second kappa shape index (κ2) is 5.00. The highest BCUT2D eigenvalue weighted by molar-refractivity contribution is 5.78. The van der Waals surface area contributed by atoms with Gasteiger partial charge in [0.2, 0.25) is 0 Å². The summed E-state index contributed by atoms with van der Waals surface area (Å²) >= 11 is 0. The molecule has 122 valence electrons. The summed E-state index contributed by atoms with van der Waals surface area (Å²) in [5.41, 5.74) is -6.58. The van der Waals surface area contributed by atoms with E-state index in [1.165, 1.54) is 0 Å². The molecule has 0 spiro atoms. The summed E-state index contributed by atoms with van der Waals surface area (Å²) in [6.45, 7) is 0.144. The molecule has 0 aliphatic carbocycles. The highest BCUT2D eigenvalue weighted by Gasteiger charge is 2.78. The Bertz CT molecular complexity index is 431. The molecule has 0 aromatic carbocycles. The molecule has 1 aliphatic rings. The van der Waals surface area contributed by atoms with Crippen LogP contribution in [0.1, 0.15) is 13.8 Å². The van der Waals surface area contributed by atoms with E-state index >= 15 is 0 Å². The Morgan fingerprint density at radius 2 is 1.62 bits per heavy atom. The Kier molecular flexibility index (Phi) is 4.16. The zero-order chi connectivity index (χ0) is 16.7. The first-order valence-corrected chi connectivity index (χ1v) is 5.38. The second-order valence-electron chi connectivity index (χ2n) is 4.61. The molecule has 1 rings (SSSR count). The monoisotopic (exact) mass is 323 g/mol. The van der Waals surface area contributed by atoms with Crippen LogP contribution in [0.25, 0.3) is 0 Å². The van der Waals surface area contributed by atoms with E-state index in [0.717, 1.165) is 21.0 Å². The predicted molar refractivity (Wildman–Crippen MR) is 53.6 cm³/mol. The number of methoxy groups -OCH3 is 1. The molecule has 1 aliphatic heterocycles. The van der Waals surface area contributed by atoms with Crippen molar-refractivity contribution in [3.8, 4) is 0 Å². The number of hydroxylamine groups is 1. The normalized spacial score (nSPS) is 19.0. The van der Waals surface area contributed by atoms with Crippen molar-refractivity contribution in [1.82, 2.24) is 5.17 Å². The average Bonchev–Trinajstić information content (AvgIpc) is 2.70. The van der Waals surface area contributed by atoms with Gasteiger partial charge >= 0.3 is 18.3 Å². The first-order chi connectivity index (χ1) is 9.29. The summed E-state index contributed by atoms with van der Waals surface area (Å²) in [6.07, 6.45) is -11.6. The zero-order valence-electron chi connectivity index (χ0n) is 11.0. The summed E-state index contributed by atoms with van der Waals surface area (Å²) in [7, 11) is 0.902. The minimum atomic E-state index is -5.78. The van der Waals surface area contributed by atoms with E-state index in [4.69, 9.17) is 0 Å². The number of nitrogens with zero attached hydrogens (tertiary/aromatic N) is 3. The van der Waals surface area contributed by atoms with E-state index in [9.17, 15) is 31.1 Å². The van der Waals surface area contributed by atoms with Crippen molar-refractivity contribution < 1.29 is 40.7 Å². The maximum Gasteiger partial charge on any atom is 0.426 e. The molecule has 0 unspecified atom stereocenters. The fourth-order valence-corrected chi connectivity index (χ4v) is 1.48. The summed E-state index contributed by atoms with van der Waals surface area (Å²) < 4.78 is 81.9. The van der Waals surface area contributed by atoms with E-state index in [1.54, 1.807) is 0 Å². The lowest BCUT2D eigenvalue weighted by molar-refractivity contribution is -0.404. The molecule has 0 saturated heterocycles. The van der Waals surface area contributed by atoms with Gasteiger partial charge in [-0.1, -0.05) is 0 Å². The van der Waals surface area contributed by atoms with Crippen molar-refractivity contribution in [2.45, 2.75) is 37.3 Å². The third-order valence-electron chi connectivity index (χ3n) is 2.70. The van der Waals surface area contributed by atoms with Crippen LogP contribution in [-0.2, 0) is 14.4 Å². The second-order valence-corrected chi connectivity index (χ2v) is 4.61. The summed E-state index contributed by atoms with van der Waals surface area (Å²) in [6, 6.07) is 0. The van der Waals surface area contributed by atoms with Crippen LogP contribution in [0.5, 0.6) is 0 Å². The largest absolute Gasteiger partial charge is 0.467 e. The Labute approximate surface area is 114 Å². The van der Waals surface area contributed by atoms with Gasteiger partial charge in [0, 0.05) is 0 Å². The SMILES string of the molecule is COC(=O)C(C)(C)ON1N=NCC1(C(F)(F)F)C(F)(F)F. The predicted octanol–water partition coefficient (Wildman–Crippen LogP) is 2.42. The van der Waals surface area contributed by atoms with E-state index in [1.807, 2.05) is 0 Å². The van der Waals surface area contributed by atoms with Crippen LogP contribution in [0.3, 0.4) is 0 Å². The van der Waals surface area contributed by atoms with Crippen LogP contribution in [-0.4, -0.2) is 48.3 Å². The van der Waals surface area contributed by atoms with Crippen LogP contribution in [0.15, 0.2) is 10.3 Å². The zero-order valence-corrected chi connectivity index (χ0v) is 11.0. The third kappa shape index (κ3) is 2.76. The quantitative estimate of drug-likeness (QED) is 0.591. The van der Waals surface area contributed by atoms with Crippen LogP contribution in [0.4, 0.5) is 26.3 Å². The van der Waals surface area contributed by atoms with Crippen LogP contribution >= 0.6 is 0 Å². The number of carbonyl (C=O) groups excluding carboxylic acids is 1. The van der Waals surface area contributed by atoms with Crippen molar-refractivity contribution in [2.75, 3.05) is 13.7 Å². The van der Waals surface area contributed by atoms with Crippen molar-refractivity contribution in [3.05, 3.63) is 0 Å². The van der Waals surface area contributed by atoms with Crippen LogP contribution in [0.2, 0.25) is 0 Å². The van der Waals surface area contributed by atoms with E-state index in [0.29, 0.717) is 0 Å². The molecule has 21 heavy (non-hydrogen) atoms. The molecule has 1 heterocycles. The lowest BCUT2D eigenvalue weighted by Gasteiger charge is -2.39. The van der Waals surface area contributed by atoms with E-state index in [-0.39, 0.29) is 0 Å². The number of carbonyl (C=O) groups is 1. The Balaban J connectivity index is 3.22. The average molecular weight is 323 g/mol. The smallest absolute Gasteiger partial charge is 0.426 e. The van der Waals surface area contributed by atoms with Gasteiger partial charge in [-0.2, -0.15) is 31.5 Å². The molecule has 6 nitrogen and oxygen atoms in total. The molecule has 0 bridgehead atoms. The molecule has 0 aromatic rings. The summed E-state index contributed by atoms with van der Waals surface area (Å²) in [4.78, 5) is 15.8. The van der Waals surface area contributed by atoms with Gasteiger partial charge in [0.15, 0.2) is 5.60 Å². The number of ether oxygens (including phenoxy) is 1. The molecular weight excluding hydrogens is 312 g/mol. The molecule has 12 heteroatoms. The Hall–Kier alpha value is -1.59. The highest BCUT2D eigenvalue weighted by Crippen LogP contribution is 2.50. The molecule has 0 aromatic heterocycles. The number of hydrogen-bond acceptors (Lipinski definition) is 6. The molecular formula is C9H11F6N3O3. The molecule has 0 radical (unpaired) electrons. The lowest BCUT2D eigenvalue weighted by atomic mass is 9.99. The van der Waals surface area contributed by atoms with E-state index in [2.05, 4.69) is 19.9 Å². The van der Waals surface area contributed by atoms with Crippen molar-refractivity contribution in [1.29, 1.82) is 0 Å². The minimum Gasteiger partial charge on any atom is -0.467 e. The van der Waals surface area contributed by atoms with Gasteiger partial charge in [-0.3, -0.25) is 0 Å². The fraction of sp³-hybridized carbons (Fsp3) is 0.889. The maximum atomic E-state index is 12.9.